The van der Waals surface area contributed by atoms with Crippen LogP contribution < -0.4 is 14.2 Å². The molecule has 0 aliphatic rings. The summed E-state index contributed by atoms with van der Waals surface area (Å²) in [6, 6.07) is 6.40. The quantitative estimate of drug-likeness (QED) is 0.487. The van der Waals surface area contributed by atoms with Gasteiger partial charge in [0.2, 0.25) is 5.75 Å². The summed E-state index contributed by atoms with van der Waals surface area (Å²) in [5, 5.41) is 0.279. The van der Waals surface area contributed by atoms with Gasteiger partial charge in [-0.2, -0.15) is 0 Å². The van der Waals surface area contributed by atoms with Crippen LogP contribution in [-0.2, 0) is 0 Å². The van der Waals surface area contributed by atoms with Gasteiger partial charge in [-0.05, 0) is 18.2 Å². The van der Waals surface area contributed by atoms with Crippen LogP contribution >= 0.6 is 23.2 Å². The van der Waals surface area contributed by atoms with E-state index in [1.54, 1.807) is 18.2 Å². The molecule has 5 nitrogen and oxygen atoms in total. The summed E-state index contributed by atoms with van der Waals surface area (Å²) in [6.07, 6.45) is 1.28. The molecule has 0 radical (unpaired) electrons. The van der Waals surface area contributed by atoms with Crippen molar-refractivity contribution >= 4 is 29.2 Å². The molecule has 0 spiro atoms. The van der Waals surface area contributed by atoms with Crippen LogP contribution in [0.1, 0.15) is 10.4 Å². The highest BCUT2D eigenvalue weighted by atomic mass is 35.5. The summed E-state index contributed by atoms with van der Waals surface area (Å²) in [5.41, 5.74) is 0.164. The van der Waals surface area contributed by atoms with Crippen molar-refractivity contribution in [1.29, 1.82) is 0 Å². The molecule has 0 amide bonds. The lowest BCUT2D eigenvalue weighted by atomic mass is 10.2. The summed E-state index contributed by atoms with van der Waals surface area (Å²) < 4.78 is 15.6. The number of aromatic nitrogens is 1. The number of pyridine rings is 1. The Morgan fingerprint density at radius 2 is 1.76 bits per heavy atom. The van der Waals surface area contributed by atoms with Crippen LogP contribution in [0, 0.1) is 0 Å². The Hall–Kier alpha value is -1.98. The summed E-state index contributed by atoms with van der Waals surface area (Å²) in [4.78, 5) is 15.9. The molecule has 1 aromatic heterocycles. The Morgan fingerprint density at radius 3 is 2.29 bits per heavy atom. The van der Waals surface area contributed by atoms with Gasteiger partial charge in [0, 0.05) is 6.20 Å². The van der Waals surface area contributed by atoms with Gasteiger partial charge in [-0.15, -0.1) is 0 Å². The van der Waals surface area contributed by atoms with Crippen LogP contribution in [0.15, 0.2) is 30.5 Å². The smallest absolute Gasteiger partial charge is 0.345 e. The van der Waals surface area contributed by atoms with E-state index < -0.39 is 5.97 Å². The van der Waals surface area contributed by atoms with E-state index in [-0.39, 0.29) is 21.5 Å². The number of para-hydroxylation sites is 1. The molecule has 0 aliphatic carbocycles. The molecule has 0 N–H and O–H groups in total. The third-order valence-electron chi connectivity index (χ3n) is 2.61. The molecule has 2 aromatic rings. The molecule has 0 aliphatic heterocycles. The Morgan fingerprint density at radius 1 is 1.14 bits per heavy atom. The second-order valence-electron chi connectivity index (χ2n) is 3.88. The van der Waals surface area contributed by atoms with Crippen molar-refractivity contribution in [2.24, 2.45) is 0 Å². The molecule has 0 bridgehead atoms. The molecule has 0 fully saturated rings. The number of ether oxygens (including phenoxy) is 3. The topological polar surface area (TPSA) is 57.7 Å². The zero-order chi connectivity index (χ0) is 15.4. The highest BCUT2D eigenvalue weighted by Crippen LogP contribution is 2.37. The lowest BCUT2D eigenvalue weighted by molar-refractivity contribution is 0.0724. The molecular weight excluding hydrogens is 317 g/mol. The number of nitrogens with zero attached hydrogens (tertiary/aromatic N) is 1. The number of carbonyl (C=O) groups is 1. The van der Waals surface area contributed by atoms with Gasteiger partial charge in [0.1, 0.15) is 5.15 Å². The molecule has 0 atom stereocenters. The first kappa shape index (κ1) is 15.4. The maximum atomic E-state index is 12.1. The second kappa shape index (κ2) is 6.65. The molecule has 0 unspecified atom stereocenters. The lowest BCUT2D eigenvalue weighted by Gasteiger charge is -2.12. The average Bonchev–Trinajstić information content (AvgIpc) is 2.50. The highest BCUT2D eigenvalue weighted by molar-refractivity contribution is 6.41. The minimum Gasteiger partial charge on any atom is -0.493 e. The molecule has 0 saturated heterocycles. The second-order valence-corrected chi connectivity index (χ2v) is 4.64. The van der Waals surface area contributed by atoms with Crippen molar-refractivity contribution in [3.8, 4) is 17.2 Å². The largest absolute Gasteiger partial charge is 0.493 e. The zero-order valence-electron chi connectivity index (χ0n) is 11.2. The van der Waals surface area contributed by atoms with Crippen LogP contribution in [0.4, 0.5) is 0 Å². The van der Waals surface area contributed by atoms with E-state index in [1.165, 1.54) is 26.5 Å². The Bertz CT molecular complexity index is 654. The molecule has 0 saturated carbocycles. The van der Waals surface area contributed by atoms with Crippen molar-refractivity contribution in [2.45, 2.75) is 0 Å². The summed E-state index contributed by atoms with van der Waals surface area (Å²) >= 11 is 11.5. The predicted octanol–water partition coefficient (Wildman–Crippen LogP) is 3.62. The fraction of sp³-hybridized carbons (Fsp3) is 0.143. The number of methoxy groups -OCH3 is 2. The van der Waals surface area contributed by atoms with E-state index in [9.17, 15) is 4.79 Å². The van der Waals surface area contributed by atoms with E-state index in [4.69, 9.17) is 37.4 Å². The number of carbonyl (C=O) groups excluding carboxylic acids is 1. The fourth-order valence-corrected chi connectivity index (χ4v) is 1.87. The Labute approximate surface area is 131 Å². The molecular formula is C14H11Cl2NO4. The zero-order valence-corrected chi connectivity index (χ0v) is 12.7. The number of hydrogen-bond donors (Lipinski definition) is 0. The monoisotopic (exact) mass is 327 g/mol. The van der Waals surface area contributed by atoms with Gasteiger partial charge in [-0.3, -0.25) is 0 Å². The standard InChI is InChI=1S/C14H11Cl2NO4/c1-19-10-4-3-5-11(20-2)12(10)21-14(18)8-6-9(15)13(16)17-7-8/h3-7H,1-2H3. The third-order valence-corrected chi connectivity index (χ3v) is 3.30. The van der Waals surface area contributed by atoms with Crippen LogP contribution in [0.5, 0.6) is 17.2 Å². The summed E-state index contributed by atoms with van der Waals surface area (Å²) in [5.74, 6) is 0.272. The lowest BCUT2D eigenvalue weighted by Crippen LogP contribution is -2.10. The molecule has 21 heavy (non-hydrogen) atoms. The van der Waals surface area contributed by atoms with E-state index in [0.29, 0.717) is 11.5 Å². The van der Waals surface area contributed by atoms with Crippen LogP contribution in [0.25, 0.3) is 0 Å². The summed E-state index contributed by atoms with van der Waals surface area (Å²) in [6.45, 7) is 0. The van der Waals surface area contributed by atoms with Crippen molar-refractivity contribution in [3.63, 3.8) is 0 Å². The SMILES string of the molecule is COc1cccc(OC)c1OC(=O)c1cnc(Cl)c(Cl)c1. The van der Waals surface area contributed by atoms with Gasteiger partial charge in [-0.25, -0.2) is 9.78 Å². The van der Waals surface area contributed by atoms with Gasteiger partial charge >= 0.3 is 5.97 Å². The average molecular weight is 328 g/mol. The third kappa shape index (κ3) is 3.37. The Balaban J connectivity index is 2.33. The summed E-state index contributed by atoms with van der Waals surface area (Å²) in [7, 11) is 2.93. The maximum Gasteiger partial charge on any atom is 0.345 e. The maximum absolute atomic E-state index is 12.1. The van der Waals surface area contributed by atoms with Gasteiger partial charge in [0.25, 0.3) is 0 Å². The van der Waals surface area contributed by atoms with Crippen molar-refractivity contribution < 1.29 is 19.0 Å². The fourth-order valence-electron chi connectivity index (χ4n) is 1.60. The van der Waals surface area contributed by atoms with Crippen molar-refractivity contribution in [2.75, 3.05) is 14.2 Å². The number of rotatable bonds is 4. The van der Waals surface area contributed by atoms with Crippen LogP contribution in [0.2, 0.25) is 10.2 Å². The number of benzene rings is 1. The molecule has 2 rings (SSSR count). The minimum absolute atomic E-state index is 0.114. The van der Waals surface area contributed by atoms with Crippen LogP contribution in [0.3, 0.4) is 0 Å². The van der Waals surface area contributed by atoms with E-state index in [2.05, 4.69) is 4.98 Å². The highest BCUT2D eigenvalue weighted by Gasteiger charge is 2.18. The normalized spacial score (nSPS) is 10.1. The van der Waals surface area contributed by atoms with Gasteiger partial charge in [0.15, 0.2) is 11.5 Å². The molecule has 7 heteroatoms. The van der Waals surface area contributed by atoms with Gasteiger partial charge in [0.05, 0.1) is 24.8 Å². The number of hydrogen-bond acceptors (Lipinski definition) is 5. The minimum atomic E-state index is -0.649. The molecule has 1 aromatic carbocycles. The number of esters is 1. The van der Waals surface area contributed by atoms with E-state index >= 15 is 0 Å². The van der Waals surface area contributed by atoms with E-state index in [0.717, 1.165) is 0 Å². The van der Waals surface area contributed by atoms with Gasteiger partial charge < -0.3 is 14.2 Å². The first-order valence-electron chi connectivity index (χ1n) is 5.81. The molecule has 110 valence electrons. The predicted molar refractivity (Wildman–Crippen MR) is 78.8 cm³/mol. The molecule has 1 heterocycles. The Kier molecular flexibility index (Phi) is 4.88. The van der Waals surface area contributed by atoms with Gasteiger partial charge in [-0.1, -0.05) is 29.3 Å². The first-order chi connectivity index (χ1) is 10.1. The van der Waals surface area contributed by atoms with Crippen LogP contribution in [-0.4, -0.2) is 25.2 Å². The van der Waals surface area contributed by atoms with E-state index in [1.807, 2.05) is 0 Å². The van der Waals surface area contributed by atoms with Crippen molar-refractivity contribution in [1.82, 2.24) is 4.98 Å². The number of halogens is 2. The first-order valence-corrected chi connectivity index (χ1v) is 6.56. The van der Waals surface area contributed by atoms with Crippen molar-refractivity contribution in [3.05, 3.63) is 46.2 Å².